The number of fused-ring (bicyclic) bond motifs is 2. The first-order chi connectivity index (χ1) is 18.8. The van der Waals surface area contributed by atoms with Gasteiger partial charge >= 0.3 is 0 Å². The lowest BCUT2D eigenvalue weighted by molar-refractivity contribution is 0.443. The summed E-state index contributed by atoms with van der Waals surface area (Å²) < 4.78 is 1.96. The average Bonchev–Trinajstić information content (AvgIpc) is 3.66. The van der Waals surface area contributed by atoms with E-state index in [-0.39, 0.29) is 11.5 Å². The molecule has 6 rings (SSSR count). The first kappa shape index (κ1) is 25.1. The molecule has 2 N–H and O–H groups in total. The van der Waals surface area contributed by atoms with Crippen molar-refractivity contribution < 1.29 is 0 Å². The number of hydrogen-bond donors (Lipinski definition) is 2. The number of aromatic nitrogens is 5. The monoisotopic (exact) mass is 536 g/mol. The molecule has 0 bridgehead atoms. The van der Waals surface area contributed by atoms with Gasteiger partial charge in [0.25, 0.3) is 0 Å². The van der Waals surface area contributed by atoms with Gasteiger partial charge in [0, 0.05) is 41.6 Å². The van der Waals surface area contributed by atoms with E-state index in [1.165, 1.54) is 0 Å². The first-order valence-electron chi connectivity index (χ1n) is 13.1. The van der Waals surface area contributed by atoms with Gasteiger partial charge in [0.1, 0.15) is 11.8 Å². The van der Waals surface area contributed by atoms with Gasteiger partial charge in [-0.05, 0) is 47.4 Å². The molecule has 196 valence electrons. The number of nitrogens with zero attached hydrogens (tertiary/aromatic N) is 6. The SMILES string of the molecule is CC(C)(C)CNc1c(C#N)cnc2c(Cl)cc(N[C@H](c3cn(C4CC4)nn3)c3cccc4ccncc34)cc12. The predicted octanol–water partition coefficient (Wildman–Crippen LogP) is 6.89. The van der Waals surface area contributed by atoms with Crippen LogP contribution in [0.25, 0.3) is 21.7 Å². The van der Waals surface area contributed by atoms with Crippen LogP contribution in [0.3, 0.4) is 0 Å². The number of halogens is 1. The van der Waals surface area contributed by atoms with Gasteiger partial charge in [-0.1, -0.05) is 55.8 Å². The van der Waals surface area contributed by atoms with Gasteiger partial charge < -0.3 is 10.6 Å². The summed E-state index contributed by atoms with van der Waals surface area (Å²) in [6, 6.07) is 14.5. The maximum Gasteiger partial charge on any atom is 0.110 e. The molecule has 0 spiro atoms. The minimum Gasteiger partial charge on any atom is -0.383 e. The lowest BCUT2D eigenvalue weighted by atomic mass is 9.96. The average molecular weight is 537 g/mol. The fourth-order valence-electron chi connectivity index (χ4n) is 4.78. The van der Waals surface area contributed by atoms with Gasteiger partial charge in [0.2, 0.25) is 0 Å². The number of nitriles is 1. The zero-order chi connectivity index (χ0) is 27.1. The smallest absolute Gasteiger partial charge is 0.110 e. The maximum atomic E-state index is 9.84. The van der Waals surface area contributed by atoms with E-state index in [2.05, 4.69) is 69.9 Å². The van der Waals surface area contributed by atoms with Crippen LogP contribution in [-0.4, -0.2) is 31.5 Å². The molecule has 8 nitrogen and oxygen atoms in total. The van der Waals surface area contributed by atoms with E-state index in [0.717, 1.165) is 51.6 Å². The van der Waals surface area contributed by atoms with Crippen molar-refractivity contribution in [3.8, 4) is 6.07 Å². The predicted molar refractivity (Wildman–Crippen MR) is 155 cm³/mol. The summed E-state index contributed by atoms with van der Waals surface area (Å²) in [5.41, 5.74) is 4.50. The Labute approximate surface area is 232 Å². The molecule has 3 heterocycles. The highest BCUT2D eigenvalue weighted by Gasteiger charge is 2.28. The standard InChI is InChI=1S/C30H29ClN8/c1-30(2,3)17-35-27-19(13-32)14-34-28-23(27)11-20(12-25(28)31)36-29(26-16-39(38-37-26)21-7-8-21)22-6-4-5-18-9-10-33-15-24(18)22/h4-6,9-12,14-16,21,29,36H,7-8,17H2,1-3H3,(H,34,35)/t29-/m0/s1. The van der Waals surface area contributed by atoms with Crippen LogP contribution in [0.1, 0.15) is 62.5 Å². The van der Waals surface area contributed by atoms with E-state index in [1.807, 2.05) is 41.3 Å². The molecule has 0 saturated heterocycles. The molecule has 9 heteroatoms. The van der Waals surface area contributed by atoms with E-state index in [4.69, 9.17) is 11.6 Å². The summed E-state index contributed by atoms with van der Waals surface area (Å²) in [7, 11) is 0. The second-order valence-electron chi connectivity index (χ2n) is 11.3. The second kappa shape index (κ2) is 9.83. The second-order valence-corrected chi connectivity index (χ2v) is 11.7. The normalized spacial score (nSPS) is 14.3. The van der Waals surface area contributed by atoms with Gasteiger partial charge in [-0.25, -0.2) is 4.68 Å². The van der Waals surface area contributed by atoms with Crippen molar-refractivity contribution in [2.45, 2.75) is 45.7 Å². The zero-order valence-corrected chi connectivity index (χ0v) is 22.9. The van der Waals surface area contributed by atoms with E-state index in [0.29, 0.717) is 28.7 Å². The molecule has 0 radical (unpaired) electrons. The fourth-order valence-corrected chi connectivity index (χ4v) is 5.05. The summed E-state index contributed by atoms with van der Waals surface area (Å²) in [6.07, 6.45) is 9.53. The zero-order valence-electron chi connectivity index (χ0n) is 22.1. The van der Waals surface area contributed by atoms with Gasteiger partial charge in [0.15, 0.2) is 0 Å². The van der Waals surface area contributed by atoms with Gasteiger partial charge in [-0.3, -0.25) is 9.97 Å². The highest BCUT2D eigenvalue weighted by Crippen LogP contribution is 2.38. The molecule has 39 heavy (non-hydrogen) atoms. The number of hydrogen-bond acceptors (Lipinski definition) is 7. The third kappa shape index (κ3) is 5.10. The summed E-state index contributed by atoms with van der Waals surface area (Å²) in [5, 5.41) is 29.4. The third-order valence-corrected chi connectivity index (χ3v) is 7.21. The van der Waals surface area contributed by atoms with Crippen molar-refractivity contribution in [1.82, 2.24) is 25.0 Å². The van der Waals surface area contributed by atoms with Crippen molar-refractivity contribution in [3.05, 3.63) is 83.0 Å². The Hall–Kier alpha value is -4.22. The summed E-state index contributed by atoms with van der Waals surface area (Å²) >= 11 is 6.79. The lowest BCUT2D eigenvalue weighted by Gasteiger charge is -2.23. The molecule has 3 aromatic heterocycles. The molecule has 1 saturated carbocycles. The van der Waals surface area contributed by atoms with Crippen LogP contribution < -0.4 is 10.6 Å². The van der Waals surface area contributed by atoms with Crippen molar-refractivity contribution in [2.75, 3.05) is 17.2 Å². The fraction of sp³-hybridized carbons (Fsp3) is 0.300. The molecular formula is C30H29ClN8. The highest BCUT2D eigenvalue weighted by atomic mass is 35.5. The summed E-state index contributed by atoms with van der Waals surface area (Å²) in [6.45, 7) is 7.13. The highest BCUT2D eigenvalue weighted by molar-refractivity contribution is 6.35. The molecule has 1 aliphatic rings. The molecule has 5 aromatic rings. The molecule has 0 amide bonds. The number of anilines is 2. The van der Waals surface area contributed by atoms with Crippen LogP contribution in [0.2, 0.25) is 5.02 Å². The van der Waals surface area contributed by atoms with Crippen LogP contribution in [0.15, 0.2) is 61.2 Å². The Balaban J connectivity index is 1.47. The van der Waals surface area contributed by atoms with Crippen molar-refractivity contribution in [2.24, 2.45) is 5.41 Å². The summed E-state index contributed by atoms with van der Waals surface area (Å²) in [5.74, 6) is 0. The maximum absolute atomic E-state index is 9.84. The van der Waals surface area contributed by atoms with Crippen molar-refractivity contribution in [3.63, 3.8) is 0 Å². The minimum atomic E-state index is -0.308. The van der Waals surface area contributed by atoms with Crippen LogP contribution >= 0.6 is 11.6 Å². The molecule has 0 aliphatic heterocycles. The number of nitrogens with one attached hydrogen (secondary N) is 2. The first-order valence-corrected chi connectivity index (χ1v) is 13.5. The van der Waals surface area contributed by atoms with Gasteiger partial charge in [-0.15, -0.1) is 5.10 Å². The topological polar surface area (TPSA) is 104 Å². The van der Waals surface area contributed by atoms with Crippen molar-refractivity contribution in [1.29, 1.82) is 5.26 Å². The van der Waals surface area contributed by atoms with E-state index in [9.17, 15) is 5.26 Å². The Bertz CT molecular complexity index is 1720. The van der Waals surface area contributed by atoms with Crippen LogP contribution in [0.5, 0.6) is 0 Å². The lowest BCUT2D eigenvalue weighted by Crippen LogP contribution is -2.20. The minimum absolute atomic E-state index is 0.0167. The van der Waals surface area contributed by atoms with Crippen LogP contribution in [0, 0.1) is 16.7 Å². The van der Waals surface area contributed by atoms with Crippen LogP contribution in [0.4, 0.5) is 11.4 Å². The summed E-state index contributed by atoms with van der Waals surface area (Å²) in [4.78, 5) is 8.90. The molecule has 0 unspecified atom stereocenters. The van der Waals surface area contributed by atoms with Gasteiger partial charge in [-0.2, -0.15) is 5.26 Å². The number of pyridine rings is 2. The third-order valence-electron chi connectivity index (χ3n) is 6.92. The Kier molecular flexibility index (Phi) is 6.32. The van der Waals surface area contributed by atoms with Gasteiger partial charge in [0.05, 0.1) is 40.1 Å². The Morgan fingerprint density at radius 2 is 2.00 bits per heavy atom. The molecule has 1 fully saturated rings. The van der Waals surface area contributed by atoms with E-state index in [1.54, 1.807) is 12.4 Å². The Morgan fingerprint density at radius 3 is 2.77 bits per heavy atom. The largest absolute Gasteiger partial charge is 0.383 e. The number of rotatable bonds is 7. The molecular weight excluding hydrogens is 508 g/mol. The number of benzene rings is 2. The van der Waals surface area contributed by atoms with Crippen LogP contribution in [-0.2, 0) is 0 Å². The Morgan fingerprint density at radius 1 is 1.15 bits per heavy atom. The van der Waals surface area contributed by atoms with E-state index >= 15 is 0 Å². The molecule has 2 aromatic carbocycles. The van der Waals surface area contributed by atoms with E-state index < -0.39 is 0 Å². The molecule has 1 aliphatic carbocycles. The molecule has 1 atom stereocenters. The van der Waals surface area contributed by atoms with Crippen molar-refractivity contribution >= 4 is 44.7 Å². The quantitative estimate of drug-likeness (QED) is 0.233.